The molecule has 0 saturated heterocycles. The van der Waals surface area contributed by atoms with E-state index >= 15 is 0 Å². The van der Waals surface area contributed by atoms with Gasteiger partial charge in [0.15, 0.2) is 0 Å². The first kappa shape index (κ1) is 19.4. The number of amides is 2. The smallest absolute Gasteiger partial charge is 0.328 e. The highest BCUT2D eigenvalue weighted by Gasteiger charge is 2.26. The molecule has 0 rings (SSSR count). The number of unbranched alkanes of at least 4 members (excludes halogenated alkanes) is 1. The van der Waals surface area contributed by atoms with Crippen LogP contribution in [0.5, 0.6) is 0 Å². The van der Waals surface area contributed by atoms with Crippen LogP contribution in [0.3, 0.4) is 0 Å². The van der Waals surface area contributed by atoms with Gasteiger partial charge in [0.2, 0.25) is 11.8 Å². The monoisotopic (exact) mass is 300 g/mol. The van der Waals surface area contributed by atoms with E-state index in [9.17, 15) is 14.4 Å². The lowest BCUT2D eigenvalue weighted by Crippen LogP contribution is -2.51. The lowest BCUT2D eigenvalue weighted by atomic mass is 10.0. The van der Waals surface area contributed by atoms with Gasteiger partial charge < -0.3 is 15.4 Å². The number of hydrogen-bond acceptors (Lipinski definition) is 4. The molecule has 2 amide bonds. The van der Waals surface area contributed by atoms with Crippen molar-refractivity contribution in [1.82, 2.24) is 10.6 Å². The fraction of sp³-hybridized carbons (Fsp3) is 0.800. The zero-order chi connectivity index (χ0) is 16.4. The molecule has 0 spiro atoms. The molecule has 0 aliphatic heterocycles. The van der Waals surface area contributed by atoms with Gasteiger partial charge in [0.25, 0.3) is 0 Å². The van der Waals surface area contributed by atoms with Crippen molar-refractivity contribution in [2.45, 2.75) is 65.5 Å². The lowest BCUT2D eigenvalue weighted by Gasteiger charge is -2.23. The van der Waals surface area contributed by atoms with E-state index in [1.807, 2.05) is 20.8 Å². The highest BCUT2D eigenvalue weighted by molar-refractivity contribution is 5.90. The van der Waals surface area contributed by atoms with Crippen LogP contribution >= 0.6 is 0 Å². The van der Waals surface area contributed by atoms with Crippen LogP contribution in [0.25, 0.3) is 0 Å². The fourth-order valence-corrected chi connectivity index (χ4v) is 2.02. The van der Waals surface area contributed by atoms with Crippen molar-refractivity contribution in [3.05, 3.63) is 0 Å². The Labute approximate surface area is 127 Å². The molecule has 6 heteroatoms. The van der Waals surface area contributed by atoms with E-state index < -0.39 is 18.1 Å². The molecule has 0 heterocycles. The van der Waals surface area contributed by atoms with E-state index in [1.54, 1.807) is 0 Å². The Morgan fingerprint density at radius 1 is 1.10 bits per heavy atom. The van der Waals surface area contributed by atoms with Gasteiger partial charge in [0, 0.05) is 6.92 Å². The van der Waals surface area contributed by atoms with Gasteiger partial charge in [-0.2, -0.15) is 0 Å². The first-order valence-corrected chi connectivity index (χ1v) is 7.47. The first-order chi connectivity index (χ1) is 9.81. The molecular formula is C15H28N2O4. The molecule has 0 bridgehead atoms. The summed E-state index contributed by atoms with van der Waals surface area (Å²) in [6.45, 7) is 7.32. The van der Waals surface area contributed by atoms with Gasteiger partial charge in [0.1, 0.15) is 12.1 Å². The molecule has 122 valence electrons. The maximum atomic E-state index is 12.3. The number of esters is 1. The van der Waals surface area contributed by atoms with Crippen LogP contribution in [0.1, 0.15) is 53.4 Å². The molecule has 0 aliphatic carbocycles. The number of nitrogens with one attached hydrogen (secondary N) is 2. The average Bonchev–Trinajstić information content (AvgIpc) is 2.40. The number of rotatable bonds is 9. The maximum absolute atomic E-state index is 12.3. The van der Waals surface area contributed by atoms with Crippen LogP contribution in [0.2, 0.25) is 0 Å². The van der Waals surface area contributed by atoms with Crippen molar-refractivity contribution in [2.75, 3.05) is 7.11 Å². The van der Waals surface area contributed by atoms with Crippen molar-refractivity contribution in [3.8, 4) is 0 Å². The molecule has 0 saturated carbocycles. The molecule has 2 N–H and O–H groups in total. The van der Waals surface area contributed by atoms with Gasteiger partial charge in [-0.3, -0.25) is 9.59 Å². The fourth-order valence-electron chi connectivity index (χ4n) is 2.02. The standard InChI is InChI=1S/C15H28N2O4/c1-6-7-8-12(15(20)21-5)17-14(19)13(9-10(2)3)16-11(4)18/h10,12-13H,6-9H2,1-5H3,(H,16,18)(H,17,19)/t12-,13+/m1/s1. The molecule has 6 nitrogen and oxygen atoms in total. The maximum Gasteiger partial charge on any atom is 0.328 e. The SMILES string of the molecule is CCCC[C@@H](NC(=O)[C@H](CC(C)C)NC(C)=O)C(=O)OC. The molecule has 0 radical (unpaired) electrons. The Morgan fingerprint density at radius 2 is 1.71 bits per heavy atom. The Bertz CT molecular complexity index is 356. The highest BCUT2D eigenvalue weighted by Crippen LogP contribution is 2.08. The third-order valence-electron chi connectivity index (χ3n) is 3.05. The van der Waals surface area contributed by atoms with Crippen LogP contribution in [0.4, 0.5) is 0 Å². The summed E-state index contributed by atoms with van der Waals surface area (Å²) in [4.78, 5) is 35.2. The largest absolute Gasteiger partial charge is 0.467 e. The van der Waals surface area contributed by atoms with Crippen LogP contribution in [-0.2, 0) is 19.1 Å². The minimum absolute atomic E-state index is 0.250. The summed E-state index contributed by atoms with van der Waals surface area (Å²) in [6, 6.07) is -1.29. The lowest BCUT2D eigenvalue weighted by molar-refractivity contribution is -0.145. The van der Waals surface area contributed by atoms with Crippen molar-refractivity contribution >= 4 is 17.8 Å². The molecule has 21 heavy (non-hydrogen) atoms. The van der Waals surface area contributed by atoms with Gasteiger partial charge in [-0.1, -0.05) is 33.6 Å². The van der Waals surface area contributed by atoms with Gasteiger partial charge >= 0.3 is 5.97 Å². The zero-order valence-corrected chi connectivity index (χ0v) is 13.7. The second-order valence-corrected chi connectivity index (χ2v) is 5.61. The van der Waals surface area contributed by atoms with Crippen LogP contribution in [0, 0.1) is 5.92 Å². The van der Waals surface area contributed by atoms with E-state index in [4.69, 9.17) is 4.74 Å². The quantitative estimate of drug-likeness (QED) is 0.630. The number of hydrogen-bond donors (Lipinski definition) is 2. The summed E-state index contributed by atoms with van der Waals surface area (Å²) in [7, 11) is 1.30. The molecule has 0 aromatic carbocycles. The van der Waals surface area contributed by atoms with E-state index in [0.717, 1.165) is 12.8 Å². The number of carbonyl (C=O) groups is 3. The molecule has 2 atom stereocenters. The summed E-state index contributed by atoms with van der Waals surface area (Å²) in [6.07, 6.45) is 2.79. The third kappa shape index (κ3) is 8.32. The summed E-state index contributed by atoms with van der Waals surface area (Å²) in [5, 5.41) is 5.31. The van der Waals surface area contributed by atoms with Crippen LogP contribution < -0.4 is 10.6 Å². The van der Waals surface area contributed by atoms with Crippen molar-refractivity contribution < 1.29 is 19.1 Å². The zero-order valence-electron chi connectivity index (χ0n) is 13.7. The predicted molar refractivity (Wildman–Crippen MR) is 80.5 cm³/mol. The van der Waals surface area contributed by atoms with Gasteiger partial charge in [-0.15, -0.1) is 0 Å². The minimum Gasteiger partial charge on any atom is -0.467 e. The summed E-state index contributed by atoms with van der Waals surface area (Å²) >= 11 is 0. The van der Waals surface area contributed by atoms with E-state index in [-0.39, 0.29) is 17.7 Å². The van der Waals surface area contributed by atoms with Crippen molar-refractivity contribution in [2.24, 2.45) is 5.92 Å². The van der Waals surface area contributed by atoms with E-state index in [1.165, 1.54) is 14.0 Å². The number of methoxy groups -OCH3 is 1. The average molecular weight is 300 g/mol. The minimum atomic E-state index is -0.661. The predicted octanol–water partition coefficient (Wildman–Crippen LogP) is 1.39. The first-order valence-electron chi connectivity index (χ1n) is 7.47. The van der Waals surface area contributed by atoms with E-state index in [0.29, 0.717) is 12.8 Å². The highest BCUT2D eigenvalue weighted by atomic mass is 16.5. The molecule has 0 aromatic rings. The van der Waals surface area contributed by atoms with Crippen LogP contribution in [-0.4, -0.2) is 37.0 Å². The van der Waals surface area contributed by atoms with Crippen molar-refractivity contribution in [3.63, 3.8) is 0 Å². The Balaban J connectivity index is 4.79. The number of ether oxygens (including phenoxy) is 1. The van der Waals surface area contributed by atoms with E-state index in [2.05, 4.69) is 10.6 Å². The normalized spacial score (nSPS) is 13.4. The second kappa shape index (κ2) is 10.2. The van der Waals surface area contributed by atoms with Gasteiger partial charge in [0.05, 0.1) is 7.11 Å². The Kier molecular flexibility index (Phi) is 9.41. The summed E-state index contributed by atoms with van der Waals surface area (Å²) < 4.78 is 4.71. The molecule has 0 fully saturated rings. The summed E-state index contributed by atoms with van der Waals surface area (Å²) in [5.74, 6) is -0.813. The molecule has 0 aliphatic rings. The Hall–Kier alpha value is -1.59. The molecule has 0 unspecified atom stereocenters. The van der Waals surface area contributed by atoms with Crippen LogP contribution in [0.15, 0.2) is 0 Å². The molecular weight excluding hydrogens is 272 g/mol. The second-order valence-electron chi connectivity index (χ2n) is 5.61. The Morgan fingerprint density at radius 3 is 2.14 bits per heavy atom. The third-order valence-corrected chi connectivity index (χ3v) is 3.05. The molecule has 0 aromatic heterocycles. The van der Waals surface area contributed by atoms with Gasteiger partial charge in [-0.05, 0) is 18.8 Å². The van der Waals surface area contributed by atoms with Crippen molar-refractivity contribution in [1.29, 1.82) is 0 Å². The van der Waals surface area contributed by atoms with Gasteiger partial charge in [-0.25, -0.2) is 4.79 Å². The number of carbonyl (C=O) groups excluding carboxylic acids is 3. The summed E-state index contributed by atoms with van der Waals surface area (Å²) in [5.41, 5.74) is 0. The topological polar surface area (TPSA) is 84.5 Å².